The molecule has 4 fully saturated rings. The lowest BCUT2D eigenvalue weighted by Gasteiger charge is -2.49. The Labute approximate surface area is 347 Å². The number of carbonyl (C=O) groups is 3. The molecule has 2 saturated carbocycles. The fraction of sp³-hybridized carbons (Fsp3) is 0.500. The number of allylic oxidation sites excluding steroid dienone is 1. The minimum atomic E-state index is -1.85. The van der Waals surface area contributed by atoms with E-state index in [1.165, 1.54) is 32.0 Å². The van der Waals surface area contributed by atoms with E-state index in [-0.39, 0.29) is 58.6 Å². The lowest BCUT2D eigenvalue weighted by Crippen LogP contribution is -2.59. The number of nitrogens with zero attached hydrogens (tertiary/aromatic N) is 6. The second kappa shape index (κ2) is 18.8. The van der Waals surface area contributed by atoms with E-state index in [9.17, 15) is 19.5 Å². The van der Waals surface area contributed by atoms with E-state index in [0.29, 0.717) is 25.1 Å². The van der Waals surface area contributed by atoms with E-state index in [4.69, 9.17) is 24.4 Å². The second-order valence-electron chi connectivity index (χ2n) is 16.0. The first-order valence-electron chi connectivity index (χ1n) is 20.4. The fourth-order valence-electron chi connectivity index (χ4n) is 7.62. The summed E-state index contributed by atoms with van der Waals surface area (Å²) in [6, 6.07) is 10.6. The quantitative estimate of drug-likeness (QED) is 0.0674. The Balaban J connectivity index is 0.000000583. The number of rotatable bonds is 12. The third-order valence-electron chi connectivity index (χ3n) is 11.2. The number of aldehydes is 1. The summed E-state index contributed by atoms with van der Waals surface area (Å²) >= 11 is 0. The van der Waals surface area contributed by atoms with Gasteiger partial charge in [0.05, 0.1) is 46.7 Å². The molecule has 2 unspecified atom stereocenters. The molecule has 5 aliphatic rings. The number of carbonyl (C=O) groups excluding carboxylic acids is 3. The van der Waals surface area contributed by atoms with Crippen molar-refractivity contribution in [1.29, 1.82) is 0 Å². The van der Waals surface area contributed by atoms with Gasteiger partial charge in [0, 0.05) is 63.5 Å². The normalized spacial score (nSPS) is 20.5. The maximum Gasteiger partial charge on any atom is 0.269 e. The van der Waals surface area contributed by atoms with Crippen LogP contribution in [0.25, 0.3) is 11.1 Å². The molecule has 2 amide bonds. The van der Waals surface area contributed by atoms with Crippen molar-refractivity contribution >= 4 is 37.3 Å². The van der Waals surface area contributed by atoms with E-state index < -0.39 is 11.5 Å². The maximum absolute atomic E-state index is 13.1. The number of amides is 2. The first-order chi connectivity index (χ1) is 28.3. The van der Waals surface area contributed by atoms with Crippen molar-refractivity contribution in [3.05, 3.63) is 83.0 Å². The molecule has 2 saturated heterocycles. The lowest BCUT2D eigenvalue weighted by molar-refractivity contribution is -0.121. The van der Waals surface area contributed by atoms with Crippen LogP contribution in [0.5, 0.6) is 0 Å². The standard InChI is InChI=1S/C35H41BN10O4.C5H11N.C2H6O/c1-3-27-32-24(15-39-46(32)22-16-45(17-22)35(36,50)28-9-4-6-21(18-47)40-28)23-7-5-8-25(31(23)44(27)2)42-26(30(38)34(49)41-20-12-13-20)14-29(37)43-33(48)19-10-11-19;1-6-4-2-3-5-6;1-3-2/h4-9,14-15,18-20,22,27,42,50H,3,10-13,16-17,37-38H2,1-2H3,(H,41,49)(H,43,48);2-5H2,1H3;1-2H3/b29-14+,30-26+;;. The summed E-state index contributed by atoms with van der Waals surface area (Å²) in [5.41, 5.74) is 16.0. The molecule has 2 radical (unpaired) electrons. The van der Waals surface area contributed by atoms with Crippen LogP contribution in [0.4, 0.5) is 11.4 Å². The average Bonchev–Trinajstić information content (AvgIpc) is 4.13. The van der Waals surface area contributed by atoms with Gasteiger partial charge in [-0.1, -0.05) is 25.1 Å². The molecule has 0 bridgehead atoms. The molecular formula is C42H58BN11O5. The van der Waals surface area contributed by atoms with E-state index in [0.717, 1.165) is 54.6 Å². The van der Waals surface area contributed by atoms with Gasteiger partial charge in [0.1, 0.15) is 30.7 Å². The third kappa shape index (κ3) is 9.98. The highest BCUT2D eigenvalue weighted by Crippen LogP contribution is 2.50. The van der Waals surface area contributed by atoms with Gasteiger partial charge in [-0.15, -0.1) is 0 Å². The van der Waals surface area contributed by atoms with Gasteiger partial charge in [-0.2, -0.15) is 5.10 Å². The van der Waals surface area contributed by atoms with E-state index in [2.05, 4.69) is 49.4 Å². The van der Waals surface area contributed by atoms with Crippen LogP contribution >= 0.6 is 0 Å². The summed E-state index contributed by atoms with van der Waals surface area (Å²) in [5, 5.41) is 25.1. The van der Waals surface area contributed by atoms with Crippen molar-refractivity contribution in [2.75, 3.05) is 64.7 Å². The van der Waals surface area contributed by atoms with E-state index in [1.54, 1.807) is 37.3 Å². The Morgan fingerprint density at radius 1 is 1.03 bits per heavy atom. The van der Waals surface area contributed by atoms with Crippen LogP contribution in [0.2, 0.25) is 0 Å². The first-order valence-corrected chi connectivity index (χ1v) is 20.4. The van der Waals surface area contributed by atoms with Gasteiger partial charge < -0.3 is 47.1 Å². The van der Waals surface area contributed by atoms with Crippen LogP contribution < -0.4 is 32.3 Å². The third-order valence-corrected chi connectivity index (χ3v) is 11.2. The maximum atomic E-state index is 13.1. The van der Waals surface area contributed by atoms with Gasteiger partial charge in [-0.3, -0.25) is 24.0 Å². The van der Waals surface area contributed by atoms with Crippen LogP contribution in [-0.4, -0.2) is 116 Å². The molecule has 2 aliphatic carbocycles. The van der Waals surface area contributed by atoms with Crippen molar-refractivity contribution in [3.8, 4) is 11.1 Å². The lowest BCUT2D eigenvalue weighted by atomic mass is 9.82. The number of methoxy groups -OCH3 is 1. The monoisotopic (exact) mass is 807 g/mol. The summed E-state index contributed by atoms with van der Waals surface area (Å²) < 4.78 is 6.27. The highest BCUT2D eigenvalue weighted by Gasteiger charge is 2.44. The molecule has 5 heterocycles. The van der Waals surface area contributed by atoms with Gasteiger partial charge in [-0.05, 0) is 83.3 Å². The highest BCUT2D eigenvalue weighted by molar-refractivity contribution is 6.14. The van der Waals surface area contributed by atoms with Gasteiger partial charge in [-0.25, -0.2) is 4.98 Å². The molecule has 16 nitrogen and oxygen atoms in total. The zero-order chi connectivity index (χ0) is 42.4. The molecule has 1 aromatic carbocycles. The smallest absolute Gasteiger partial charge is 0.269 e. The van der Waals surface area contributed by atoms with Crippen molar-refractivity contribution in [2.45, 2.75) is 75.6 Å². The Kier molecular flexibility index (Phi) is 13.8. The Bertz CT molecular complexity index is 2050. The number of aromatic nitrogens is 3. The molecule has 8 rings (SSSR count). The topological polar surface area (TPSA) is 209 Å². The van der Waals surface area contributed by atoms with Crippen molar-refractivity contribution < 1.29 is 24.2 Å². The van der Waals surface area contributed by atoms with Crippen LogP contribution in [0.15, 0.2) is 65.9 Å². The number of ether oxygens (including phenoxy) is 1. The first kappa shape index (κ1) is 43.4. The molecule has 3 aromatic rings. The summed E-state index contributed by atoms with van der Waals surface area (Å²) in [7, 11) is 13.8. The Hall–Kier alpha value is -5.23. The number of nitrogens with one attached hydrogen (secondary N) is 3. The van der Waals surface area contributed by atoms with Crippen LogP contribution in [0, 0.1) is 5.92 Å². The summed E-state index contributed by atoms with van der Waals surface area (Å²) in [5.74, 6) is -0.519. The fourth-order valence-corrected chi connectivity index (χ4v) is 7.62. The van der Waals surface area contributed by atoms with E-state index in [1.807, 2.05) is 36.1 Å². The predicted octanol–water partition coefficient (Wildman–Crippen LogP) is 2.65. The van der Waals surface area contributed by atoms with Crippen LogP contribution in [0.3, 0.4) is 0 Å². The number of likely N-dealkylation sites (tertiary alicyclic amines) is 2. The number of fused-ring (bicyclic) bond motifs is 3. The molecule has 8 N–H and O–H groups in total. The summed E-state index contributed by atoms with van der Waals surface area (Å²) in [6.07, 6.45) is 11.0. The van der Waals surface area contributed by atoms with E-state index >= 15 is 0 Å². The number of anilines is 2. The van der Waals surface area contributed by atoms with Crippen LogP contribution in [0.1, 0.15) is 85.8 Å². The average molecular weight is 808 g/mol. The number of hydrogen-bond donors (Lipinski definition) is 6. The predicted molar refractivity (Wildman–Crippen MR) is 228 cm³/mol. The highest BCUT2D eigenvalue weighted by atomic mass is 16.4. The number of para-hydroxylation sites is 1. The largest absolute Gasteiger partial charge is 0.393 e. The molecule has 2 atom stereocenters. The molecule has 0 spiro atoms. The minimum Gasteiger partial charge on any atom is -0.393 e. The van der Waals surface area contributed by atoms with Crippen molar-refractivity contribution in [3.63, 3.8) is 0 Å². The number of aliphatic hydroxyl groups is 1. The van der Waals surface area contributed by atoms with Gasteiger partial charge >= 0.3 is 0 Å². The molecule has 314 valence electrons. The molecule has 2 aromatic heterocycles. The summed E-state index contributed by atoms with van der Waals surface area (Å²) in [6.45, 7) is 5.59. The Morgan fingerprint density at radius 2 is 1.71 bits per heavy atom. The van der Waals surface area contributed by atoms with Crippen LogP contribution in [-0.2, 0) is 20.0 Å². The van der Waals surface area contributed by atoms with Gasteiger partial charge in [0.2, 0.25) is 5.91 Å². The number of benzene rings is 1. The SMILES string of the molecule is CN1CCCC1.COC.[B]C(O)(c1cccc(C=O)n1)N1CC(n2ncc3c2C(CC)N(C)c2c(NC(/C=C(\N)NC(=O)C4CC4)=C(/N)C(=O)NC4CC4)cccc2-3)C1. The molecular weight excluding hydrogens is 749 g/mol. The van der Waals surface area contributed by atoms with Crippen molar-refractivity contribution in [2.24, 2.45) is 17.4 Å². The minimum absolute atomic E-state index is 0.0420. The number of nitrogens with two attached hydrogens (primary N) is 2. The molecule has 3 aliphatic heterocycles. The number of pyridine rings is 1. The zero-order valence-corrected chi connectivity index (χ0v) is 34.8. The van der Waals surface area contributed by atoms with Gasteiger partial charge in [0.15, 0.2) is 6.29 Å². The van der Waals surface area contributed by atoms with Crippen molar-refractivity contribution in [1.82, 2.24) is 35.2 Å². The molecule has 17 heteroatoms. The zero-order valence-electron chi connectivity index (χ0n) is 34.8. The Morgan fingerprint density at radius 3 is 2.31 bits per heavy atom. The number of hydrogen-bond acceptors (Lipinski definition) is 13. The second-order valence-corrected chi connectivity index (χ2v) is 16.0. The van der Waals surface area contributed by atoms with Gasteiger partial charge in [0.25, 0.3) is 5.91 Å². The molecule has 59 heavy (non-hydrogen) atoms. The summed E-state index contributed by atoms with van der Waals surface area (Å²) in [4.78, 5) is 47.2.